The summed E-state index contributed by atoms with van der Waals surface area (Å²) in [5.74, 6) is 0. The molecule has 1 aromatic carbocycles. The van der Waals surface area contributed by atoms with Crippen molar-refractivity contribution in [3.63, 3.8) is 0 Å². The van der Waals surface area contributed by atoms with E-state index < -0.39 is 0 Å². The Labute approximate surface area is 99.5 Å². The maximum absolute atomic E-state index is 12.2. The van der Waals surface area contributed by atoms with Crippen LogP contribution in [-0.2, 0) is 0 Å². The summed E-state index contributed by atoms with van der Waals surface area (Å²) in [5.41, 5.74) is 0.0364. The Morgan fingerprint density at radius 3 is 2.81 bits per heavy atom. The van der Waals surface area contributed by atoms with Gasteiger partial charge in [-0.1, -0.05) is 24.6 Å². The smallest absolute Gasteiger partial charge is 0.258 e. The van der Waals surface area contributed by atoms with E-state index in [-0.39, 0.29) is 11.6 Å². The van der Waals surface area contributed by atoms with Crippen molar-refractivity contribution < 1.29 is 0 Å². The van der Waals surface area contributed by atoms with Crippen LogP contribution in [0.1, 0.15) is 26.3 Å². The van der Waals surface area contributed by atoms with E-state index in [2.05, 4.69) is 6.92 Å². The molecule has 2 rings (SSSR count). The van der Waals surface area contributed by atoms with Gasteiger partial charge in [0.1, 0.15) is 0 Å². The Hall–Kier alpha value is -1.28. The fourth-order valence-electron chi connectivity index (χ4n) is 1.77. The van der Waals surface area contributed by atoms with E-state index in [1.54, 1.807) is 16.7 Å². The van der Waals surface area contributed by atoms with E-state index in [9.17, 15) is 4.79 Å². The Kier molecular flexibility index (Phi) is 3.01. The van der Waals surface area contributed by atoms with Crippen LogP contribution in [-0.4, -0.2) is 4.57 Å². The first kappa shape index (κ1) is 11.2. The highest BCUT2D eigenvalue weighted by Crippen LogP contribution is 2.17. The van der Waals surface area contributed by atoms with Crippen molar-refractivity contribution in [1.82, 2.24) is 4.57 Å². The Morgan fingerprint density at radius 2 is 2.12 bits per heavy atom. The molecule has 1 atom stereocenters. The van der Waals surface area contributed by atoms with E-state index in [4.69, 9.17) is 11.6 Å². The fourth-order valence-corrected chi connectivity index (χ4v) is 1.94. The molecule has 0 bridgehead atoms. The molecule has 0 spiro atoms. The van der Waals surface area contributed by atoms with Crippen molar-refractivity contribution >= 4 is 22.4 Å². The highest BCUT2D eigenvalue weighted by Gasteiger charge is 2.07. The predicted molar refractivity (Wildman–Crippen MR) is 68.2 cm³/mol. The lowest BCUT2D eigenvalue weighted by atomic mass is 10.1. The number of aromatic nitrogens is 1. The molecule has 0 saturated carbocycles. The van der Waals surface area contributed by atoms with Crippen LogP contribution in [0, 0.1) is 0 Å². The minimum absolute atomic E-state index is 0.0364. The highest BCUT2D eigenvalue weighted by atomic mass is 35.5. The molecular formula is C13H14ClNO. The van der Waals surface area contributed by atoms with E-state index in [1.165, 1.54) is 0 Å². The van der Waals surface area contributed by atoms with E-state index >= 15 is 0 Å². The molecule has 2 nitrogen and oxygen atoms in total. The topological polar surface area (TPSA) is 22.0 Å². The molecule has 0 saturated heterocycles. The van der Waals surface area contributed by atoms with Gasteiger partial charge in [0.25, 0.3) is 5.56 Å². The third-order valence-electron chi connectivity index (χ3n) is 2.96. The molecule has 1 unspecified atom stereocenters. The molecule has 1 heterocycles. The minimum atomic E-state index is 0.0364. The van der Waals surface area contributed by atoms with Crippen molar-refractivity contribution in [2.45, 2.75) is 26.3 Å². The summed E-state index contributed by atoms with van der Waals surface area (Å²) in [5, 5.41) is 2.23. The first-order valence-electron chi connectivity index (χ1n) is 5.44. The summed E-state index contributed by atoms with van der Waals surface area (Å²) >= 11 is 5.91. The molecule has 0 aliphatic rings. The number of halogens is 1. The third kappa shape index (κ3) is 1.85. The van der Waals surface area contributed by atoms with Crippen molar-refractivity contribution in [2.75, 3.05) is 0 Å². The zero-order valence-electron chi connectivity index (χ0n) is 9.40. The summed E-state index contributed by atoms with van der Waals surface area (Å²) < 4.78 is 1.76. The number of hydrogen-bond acceptors (Lipinski definition) is 1. The molecule has 0 aliphatic heterocycles. The minimum Gasteiger partial charge on any atom is -0.312 e. The van der Waals surface area contributed by atoms with Crippen LogP contribution in [0.5, 0.6) is 0 Å². The van der Waals surface area contributed by atoms with Crippen LogP contribution < -0.4 is 5.56 Å². The molecule has 0 N–H and O–H groups in total. The maximum atomic E-state index is 12.2. The Balaban J connectivity index is 2.73. The lowest BCUT2D eigenvalue weighted by Gasteiger charge is -2.13. The zero-order valence-corrected chi connectivity index (χ0v) is 10.2. The van der Waals surface area contributed by atoms with Gasteiger partial charge < -0.3 is 4.57 Å². The standard InChI is InChI=1S/C13H14ClNO/c1-3-9(2)15-7-6-10-4-5-11(14)8-12(10)13(15)16/h4-9H,3H2,1-2H3. The van der Waals surface area contributed by atoms with E-state index in [1.807, 2.05) is 25.3 Å². The number of rotatable bonds is 2. The number of fused-ring (bicyclic) bond motifs is 1. The van der Waals surface area contributed by atoms with Gasteiger partial charge in [-0.3, -0.25) is 4.79 Å². The van der Waals surface area contributed by atoms with E-state index in [0.29, 0.717) is 10.4 Å². The van der Waals surface area contributed by atoms with Crippen LogP contribution in [0.3, 0.4) is 0 Å². The zero-order chi connectivity index (χ0) is 11.7. The molecule has 2 aromatic rings. The average Bonchev–Trinajstić information content (AvgIpc) is 2.29. The van der Waals surface area contributed by atoms with Gasteiger partial charge in [0, 0.05) is 22.6 Å². The van der Waals surface area contributed by atoms with Gasteiger partial charge in [-0.05, 0) is 36.9 Å². The van der Waals surface area contributed by atoms with Crippen molar-refractivity contribution in [2.24, 2.45) is 0 Å². The average molecular weight is 236 g/mol. The van der Waals surface area contributed by atoms with Crippen LogP contribution >= 0.6 is 11.6 Å². The normalized spacial score (nSPS) is 12.9. The predicted octanol–water partition coefficient (Wildman–Crippen LogP) is 3.63. The van der Waals surface area contributed by atoms with Gasteiger partial charge in [-0.2, -0.15) is 0 Å². The van der Waals surface area contributed by atoms with Crippen LogP contribution in [0.4, 0.5) is 0 Å². The fraction of sp³-hybridized carbons (Fsp3) is 0.308. The van der Waals surface area contributed by atoms with Crippen molar-refractivity contribution in [3.05, 3.63) is 45.8 Å². The molecule has 0 radical (unpaired) electrons. The van der Waals surface area contributed by atoms with Gasteiger partial charge in [0.2, 0.25) is 0 Å². The summed E-state index contributed by atoms with van der Waals surface area (Å²) in [6.07, 6.45) is 2.79. The summed E-state index contributed by atoms with van der Waals surface area (Å²) in [6, 6.07) is 7.59. The largest absolute Gasteiger partial charge is 0.312 e. The van der Waals surface area contributed by atoms with Gasteiger partial charge >= 0.3 is 0 Å². The van der Waals surface area contributed by atoms with Crippen LogP contribution in [0.25, 0.3) is 10.8 Å². The number of nitrogens with zero attached hydrogens (tertiary/aromatic N) is 1. The number of hydrogen-bond donors (Lipinski definition) is 0. The highest BCUT2D eigenvalue weighted by molar-refractivity contribution is 6.31. The van der Waals surface area contributed by atoms with Crippen molar-refractivity contribution in [1.29, 1.82) is 0 Å². The summed E-state index contributed by atoms with van der Waals surface area (Å²) in [4.78, 5) is 12.2. The van der Waals surface area contributed by atoms with Gasteiger partial charge in [-0.25, -0.2) is 0 Å². The van der Waals surface area contributed by atoms with Crippen LogP contribution in [0.2, 0.25) is 5.02 Å². The molecule has 84 valence electrons. The Morgan fingerprint density at radius 1 is 1.38 bits per heavy atom. The number of pyridine rings is 1. The van der Waals surface area contributed by atoms with Crippen molar-refractivity contribution in [3.8, 4) is 0 Å². The molecular weight excluding hydrogens is 222 g/mol. The maximum Gasteiger partial charge on any atom is 0.258 e. The second-order valence-corrected chi connectivity index (χ2v) is 4.45. The molecule has 3 heteroatoms. The van der Waals surface area contributed by atoms with Crippen LogP contribution in [0.15, 0.2) is 35.3 Å². The second-order valence-electron chi connectivity index (χ2n) is 4.02. The van der Waals surface area contributed by atoms with Gasteiger partial charge in [-0.15, -0.1) is 0 Å². The third-order valence-corrected chi connectivity index (χ3v) is 3.20. The monoisotopic (exact) mass is 235 g/mol. The lowest BCUT2D eigenvalue weighted by Crippen LogP contribution is -2.22. The molecule has 16 heavy (non-hydrogen) atoms. The molecule has 0 amide bonds. The number of benzene rings is 1. The quantitative estimate of drug-likeness (QED) is 0.779. The lowest BCUT2D eigenvalue weighted by molar-refractivity contribution is 0.517. The van der Waals surface area contributed by atoms with Gasteiger partial charge in [0.05, 0.1) is 0 Å². The SMILES string of the molecule is CCC(C)n1ccc2ccc(Cl)cc2c1=O. The second kappa shape index (κ2) is 4.30. The first-order chi connectivity index (χ1) is 7.63. The first-order valence-corrected chi connectivity index (χ1v) is 5.81. The molecule has 0 fully saturated rings. The molecule has 1 aromatic heterocycles. The van der Waals surface area contributed by atoms with E-state index in [0.717, 1.165) is 11.8 Å². The Bertz CT molecular complexity index is 574. The summed E-state index contributed by atoms with van der Waals surface area (Å²) in [7, 11) is 0. The summed E-state index contributed by atoms with van der Waals surface area (Å²) in [6.45, 7) is 4.11. The van der Waals surface area contributed by atoms with Gasteiger partial charge in [0.15, 0.2) is 0 Å². The molecule has 0 aliphatic carbocycles.